The van der Waals surface area contributed by atoms with E-state index in [1.807, 2.05) is 0 Å². The number of aryl methyl sites for hydroxylation is 4. The molecule has 0 saturated heterocycles. The molecule has 0 saturated carbocycles. The molecule has 2 aromatic rings. The minimum atomic E-state index is -2.90. The first-order valence-electron chi connectivity index (χ1n) is 6.68. The van der Waals surface area contributed by atoms with Crippen LogP contribution in [0.2, 0.25) is 0 Å². The molecule has 5 nitrogen and oxygen atoms in total. The summed E-state index contributed by atoms with van der Waals surface area (Å²) in [5.74, 6) is -0.232. The average molecular weight is 309 g/mol. The number of carbonyl (C=O) groups is 1. The van der Waals surface area contributed by atoms with Crippen LogP contribution in [0, 0.1) is 27.7 Å². The van der Waals surface area contributed by atoms with E-state index in [9.17, 15) is 13.6 Å². The van der Waals surface area contributed by atoms with E-state index in [1.165, 1.54) is 12.1 Å². The van der Waals surface area contributed by atoms with Gasteiger partial charge < -0.3 is 10.1 Å². The van der Waals surface area contributed by atoms with Gasteiger partial charge in [-0.1, -0.05) is 0 Å². The van der Waals surface area contributed by atoms with Crippen molar-refractivity contribution in [1.82, 2.24) is 10.2 Å². The Morgan fingerprint density at radius 2 is 1.82 bits per heavy atom. The van der Waals surface area contributed by atoms with Gasteiger partial charge >= 0.3 is 6.61 Å². The lowest BCUT2D eigenvalue weighted by Crippen LogP contribution is -2.14. The maximum Gasteiger partial charge on any atom is 0.387 e. The number of hydrogen-bond acceptors (Lipinski definition) is 3. The molecule has 0 aliphatic rings. The molecule has 0 aliphatic heterocycles. The van der Waals surface area contributed by atoms with Crippen LogP contribution in [-0.2, 0) is 0 Å². The predicted molar refractivity (Wildman–Crippen MR) is 78.6 cm³/mol. The van der Waals surface area contributed by atoms with E-state index in [0.717, 1.165) is 5.69 Å². The van der Waals surface area contributed by atoms with Gasteiger partial charge in [0, 0.05) is 5.56 Å². The fourth-order valence-corrected chi connectivity index (χ4v) is 2.28. The fraction of sp³-hybridized carbons (Fsp3) is 0.333. The molecule has 0 bridgehead atoms. The number of aromatic amines is 1. The molecular formula is C15H17F2N3O2. The van der Waals surface area contributed by atoms with Gasteiger partial charge in [-0.3, -0.25) is 9.89 Å². The monoisotopic (exact) mass is 309 g/mol. The number of ether oxygens (including phenoxy) is 1. The highest BCUT2D eigenvalue weighted by Crippen LogP contribution is 2.27. The quantitative estimate of drug-likeness (QED) is 0.908. The lowest BCUT2D eigenvalue weighted by Gasteiger charge is -2.13. The number of anilines is 1. The molecule has 1 aromatic heterocycles. The van der Waals surface area contributed by atoms with Crippen LogP contribution < -0.4 is 10.1 Å². The minimum absolute atomic E-state index is 0.0993. The van der Waals surface area contributed by atoms with Crippen LogP contribution in [0.5, 0.6) is 5.75 Å². The molecule has 118 valence electrons. The number of carbonyl (C=O) groups excluding carboxylic acids is 1. The summed E-state index contributed by atoms with van der Waals surface area (Å²) in [4.78, 5) is 12.3. The third-order valence-electron chi connectivity index (χ3n) is 3.30. The summed E-state index contributed by atoms with van der Waals surface area (Å²) >= 11 is 0. The van der Waals surface area contributed by atoms with E-state index in [1.54, 1.807) is 27.7 Å². The number of hydrogen-bond donors (Lipinski definition) is 2. The van der Waals surface area contributed by atoms with Gasteiger partial charge in [-0.05, 0) is 51.0 Å². The largest absolute Gasteiger partial charge is 0.434 e. The van der Waals surface area contributed by atoms with Crippen molar-refractivity contribution in [2.45, 2.75) is 34.3 Å². The summed E-state index contributed by atoms with van der Waals surface area (Å²) in [7, 11) is 0. The topological polar surface area (TPSA) is 67.0 Å². The summed E-state index contributed by atoms with van der Waals surface area (Å²) in [6.45, 7) is 3.92. The Morgan fingerprint density at radius 1 is 1.23 bits per heavy atom. The van der Waals surface area contributed by atoms with Crippen LogP contribution in [0.25, 0.3) is 0 Å². The standard InChI is InChI=1S/C15H17F2N3O2/c1-7-5-11(6-8(2)13(7)22-15(16)17)14(21)18-12-9(3)19-20-10(12)4/h5-6,15H,1-4H3,(H,18,21)(H,19,20). The molecular weight excluding hydrogens is 292 g/mol. The highest BCUT2D eigenvalue weighted by atomic mass is 19.3. The van der Waals surface area contributed by atoms with Gasteiger partial charge in [0.05, 0.1) is 17.1 Å². The zero-order valence-corrected chi connectivity index (χ0v) is 12.8. The van der Waals surface area contributed by atoms with Crippen molar-refractivity contribution in [3.63, 3.8) is 0 Å². The number of aromatic nitrogens is 2. The summed E-state index contributed by atoms with van der Waals surface area (Å²) < 4.78 is 29.2. The van der Waals surface area contributed by atoms with Gasteiger partial charge in [0.15, 0.2) is 0 Å². The second-order valence-corrected chi connectivity index (χ2v) is 5.08. The molecule has 22 heavy (non-hydrogen) atoms. The fourth-order valence-electron chi connectivity index (χ4n) is 2.28. The normalized spacial score (nSPS) is 10.9. The van der Waals surface area contributed by atoms with E-state index < -0.39 is 6.61 Å². The van der Waals surface area contributed by atoms with Crippen LogP contribution in [0.3, 0.4) is 0 Å². The van der Waals surface area contributed by atoms with Gasteiger partial charge in [0.2, 0.25) is 0 Å². The van der Waals surface area contributed by atoms with Crippen molar-refractivity contribution < 1.29 is 18.3 Å². The number of benzene rings is 1. The van der Waals surface area contributed by atoms with Gasteiger partial charge in [0.1, 0.15) is 5.75 Å². The van der Waals surface area contributed by atoms with Crippen LogP contribution in [-0.4, -0.2) is 22.7 Å². The SMILES string of the molecule is Cc1cc(C(=O)Nc2c(C)n[nH]c2C)cc(C)c1OC(F)F. The molecule has 1 aromatic carbocycles. The highest BCUT2D eigenvalue weighted by Gasteiger charge is 2.16. The molecule has 0 atom stereocenters. The Bertz CT molecular complexity index is 668. The highest BCUT2D eigenvalue weighted by molar-refractivity contribution is 6.05. The molecule has 7 heteroatoms. The van der Waals surface area contributed by atoms with Crippen molar-refractivity contribution in [2.24, 2.45) is 0 Å². The number of rotatable bonds is 4. The van der Waals surface area contributed by atoms with E-state index in [4.69, 9.17) is 0 Å². The second-order valence-electron chi connectivity index (χ2n) is 5.08. The van der Waals surface area contributed by atoms with Crippen molar-refractivity contribution in [1.29, 1.82) is 0 Å². The lowest BCUT2D eigenvalue weighted by atomic mass is 10.0. The number of nitrogens with one attached hydrogen (secondary N) is 2. The summed E-state index contributed by atoms with van der Waals surface area (Å²) in [5.41, 5.74) is 3.37. The number of H-pyrrole nitrogens is 1. The van der Waals surface area contributed by atoms with E-state index in [2.05, 4.69) is 20.3 Å². The smallest absolute Gasteiger partial charge is 0.387 e. The number of alkyl halides is 2. The summed E-state index contributed by atoms with van der Waals surface area (Å²) in [6.07, 6.45) is 0. The molecule has 1 amide bonds. The van der Waals surface area contributed by atoms with E-state index >= 15 is 0 Å². The Labute approximate surface area is 126 Å². The van der Waals surface area contributed by atoms with Crippen molar-refractivity contribution in [2.75, 3.05) is 5.32 Å². The number of nitrogens with zero attached hydrogens (tertiary/aromatic N) is 1. The second kappa shape index (κ2) is 6.13. The van der Waals surface area contributed by atoms with Gasteiger partial charge in [-0.2, -0.15) is 13.9 Å². The molecule has 2 rings (SSSR count). The maximum atomic E-state index is 12.4. The van der Waals surface area contributed by atoms with Gasteiger partial charge in [0.25, 0.3) is 5.91 Å². The lowest BCUT2D eigenvalue weighted by molar-refractivity contribution is -0.0507. The summed E-state index contributed by atoms with van der Waals surface area (Å²) in [5, 5.41) is 9.55. The number of amides is 1. The Balaban J connectivity index is 2.28. The minimum Gasteiger partial charge on any atom is -0.434 e. The molecule has 2 N–H and O–H groups in total. The first-order chi connectivity index (χ1) is 10.3. The van der Waals surface area contributed by atoms with E-state index in [0.29, 0.717) is 28.1 Å². The molecule has 0 fully saturated rings. The van der Waals surface area contributed by atoms with Crippen molar-refractivity contribution in [3.8, 4) is 5.75 Å². The van der Waals surface area contributed by atoms with Crippen molar-refractivity contribution >= 4 is 11.6 Å². The average Bonchev–Trinajstić information content (AvgIpc) is 2.74. The third-order valence-corrected chi connectivity index (χ3v) is 3.30. The van der Waals surface area contributed by atoms with Crippen LogP contribution in [0.15, 0.2) is 12.1 Å². The Kier molecular flexibility index (Phi) is 4.44. The van der Waals surface area contributed by atoms with Gasteiger partial charge in [-0.15, -0.1) is 0 Å². The first kappa shape index (κ1) is 15.9. The van der Waals surface area contributed by atoms with Crippen LogP contribution in [0.1, 0.15) is 32.9 Å². The Hall–Kier alpha value is -2.44. The summed E-state index contributed by atoms with van der Waals surface area (Å²) in [6, 6.07) is 3.04. The van der Waals surface area contributed by atoms with Crippen LogP contribution in [0.4, 0.5) is 14.5 Å². The van der Waals surface area contributed by atoms with Crippen molar-refractivity contribution in [3.05, 3.63) is 40.2 Å². The first-order valence-corrected chi connectivity index (χ1v) is 6.68. The molecule has 0 radical (unpaired) electrons. The zero-order valence-electron chi connectivity index (χ0n) is 12.8. The predicted octanol–water partition coefficient (Wildman–Crippen LogP) is 3.50. The maximum absolute atomic E-state index is 12.4. The van der Waals surface area contributed by atoms with Gasteiger partial charge in [-0.25, -0.2) is 0 Å². The molecule has 1 heterocycles. The van der Waals surface area contributed by atoms with E-state index in [-0.39, 0.29) is 11.7 Å². The van der Waals surface area contributed by atoms with Crippen LogP contribution >= 0.6 is 0 Å². The number of halogens is 2. The molecule has 0 spiro atoms. The Morgan fingerprint density at radius 3 is 2.27 bits per heavy atom. The molecule has 0 unspecified atom stereocenters. The third kappa shape index (κ3) is 3.24. The molecule has 0 aliphatic carbocycles. The zero-order chi connectivity index (χ0) is 16.4.